The summed E-state index contributed by atoms with van der Waals surface area (Å²) in [6.07, 6.45) is 3.48. The van der Waals surface area contributed by atoms with Gasteiger partial charge in [-0.05, 0) is 47.4 Å². The Labute approximate surface area is 174 Å². The fourth-order valence-electron chi connectivity index (χ4n) is 2.68. The van der Waals surface area contributed by atoms with Crippen LogP contribution in [0.2, 0.25) is 0 Å². The van der Waals surface area contributed by atoms with E-state index in [2.05, 4.69) is 4.98 Å². The van der Waals surface area contributed by atoms with Crippen molar-refractivity contribution in [3.8, 4) is 28.5 Å². The van der Waals surface area contributed by atoms with Crippen LogP contribution >= 0.6 is 0 Å². The number of nitrogens with zero attached hydrogens (tertiary/aromatic N) is 2. The Hall–Kier alpha value is -2.93. The molecule has 0 N–H and O–H groups in total. The first-order valence-corrected chi connectivity index (χ1v) is 8.39. The van der Waals surface area contributed by atoms with Crippen LogP contribution in [0.5, 0.6) is 17.2 Å². The van der Waals surface area contributed by atoms with E-state index in [9.17, 15) is 4.79 Å². The number of ketones is 1. The minimum atomic E-state index is 0. The molecule has 0 fully saturated rings. The zero-order chi connectivity index (χ0) is 19.2. The summed E-state index contributed by atoms with van der Waals surface area (Å²) in [5, 5.41) is 0. The minimum absolute atomic E-state index is 0. The van der Waals surface area contributed by atoms with Gasteiger partial charge in [-0.15, -0.1) is 0 Å². The van der Waals surface area contributed by atoms with Crippen molar-refractivity contribution in [3.05, 3.63) is 66.6 Å². The molecule has 6 nitrogen and oxygen atoms in total. The molecule has 0 radical (unpaired) electrons. The summed E-state index contributed by atoms with van der Waals surface area (Å²) in [4.78, 5) is 16.9. The Kier molecular flexibility index (Phi) is 7.52. The lowest BCUT2D eigenvalue weighted by atomic mass is 10.1. The lowest BCUT2D eigenvalue weighted by Crippen LogP contribution is -3.00. The largest absolute Gasteiger partial charge is 1.00 e. The molecule has 0 aliphatic rings. The number of hydrogen-bond donors (Lipinski definition) is 0. The van der Waals surface area contributed by atoms with Gasteiger partial charge in [-0.1, -0.05) is 0 Å². The van der Waals surface area contributed by atoms with Crippen LogP contribution in [0.25, 0.3) is 11.3 Å². The fraction of sp³-hybridized carbons (Fsp3) is 0.190. The summed E-state index contributed by atoms with van der Waals surface area (Å²) in [7, 11) is 4.79. The number of methoxy groups -OCH3 is 3. The van der Waals surface area contributed by atoms with Crippen LogP contribution in [0.4, 0.5) is 0 Å². The van der Waals surface area contributed by atoms with Gasteiger partial charge in [0.15, 0.2) is 23.7 Å². The molecular weight excluding hydrogens is 424 g/mol. The number of carbonyl (C=O) groups excluding carboxylic acids is 1. The summed E-state index contributed by atoms with van der Waals surface area (Å²) in [6.45, 7) is 0.214. The van der Waals surface area contributed by atoms with Crippen molar-refractivity contribution in [2.24, 2.45) is 0 Å². The third kappa shape index (κ3) is 4.86. The Balaban J connectivity index is 0.00000280. The Morgan fingerprint density at radius 2 is 1.64 bits per heavy atom. The fourth-order valence-corrected chi connectivity index (χ4v) is 2.68. The van der Waals surface area contributed by atoms with Crippen molar-refractivity contribution in [2.45, 2.75) is 6.54 Å². The average molecular weight is 445 g/mol. The van der Waals surface area contributed by atoms with E-state index in [1.54, 1.807) is 56.5 Å². The number of hydrogen-bond acceptors (Lipinski definition) is 5. The van der Waals surface area contributed by atoms with Crippen LogP contribution in [-0.2, 0) is 6.54 Å². The van der Waals surface area contributed by atoms with E-state index in [1.165, 1.54) is 0 Å². The molecule has 0 amide bonds. The minimum Gasteiger partial charge on any atom is -1.00 e. The maximum absolute atomic E-state index is 12.4. The number of benzene rings is 2. The van der Waals surface area contributed by atoms with Gasteiger partial charge in [0.05, 0.1) is 27.5 Å². The first-order valence-electron chi connectivity index (χ1n) is 8.39. The third-order valence-corrected chi connectivity index (χ3v) is 4.19. The standard InChI is InChI=1S/C21H21N2O4.BrH/c1-25-17-7-4-15(5-8-17)19(24)13-23-11-10-18(22-14-23)16-6-9-20(26-2)21(12-16)27-3;/h4-12,14H,13H2,1-3H3;1H/q+1;/p-1. The van der Waals surface area contributed by atoms with Crippen molar-refractivity contribution in [2.75, 3.05) is 21.3 Å². The van der Waals surface area contributed by atoms with Crippen LogP contribution in [-0.4, -0.2) is 32.1 Å². The molecule has 1 heterocycles. The van der Waals surface area contributed by atoms with E-state index in [0.29, 0.717) is 17.1 Å². The summed E-state index contributed by atoms with van der Waals surface area (Å²) in [5.41, 5.74) is 2.32. The van der Waals surface area contributed by atoms with E-state index in [-0.39, 0.29) is 29.3 Å². The molecule has 0 spiro atoms. The van der Waals surface area contributed by atoms with Crippen molar-refractivity contribution in [1.82, 2.24) is 4.98 Å². The van der Waals surface area contributed by atoms with Gasteiger partial charge in [-0.2, -0.15) is 0 Å². The predicted molar refractivity (Wildman–Crippen MR) is 100 cm³/mol. The van der Waals surface area contributed by atoms with Crippen LogP contribution in [0.1, 0.15) is 10.4 Å². The molecule has 3 rings (SSSR count). The van der Waals surface area contributed by atoms with Gasteiger partial charge in [-0.25, -0.2) is 4.57 Å². The normalized spacial score (nSPS) is 9.96. The number of aromatic nitrogens is 2. The molecular formula is C21H21BrN2O4. The number of halogens is 1. The Bertz CT molecular complexity index is 928. The molecule has 0 aliphatic heterocycles. The van der Waals surface area contributed by atoms with Crippen molar-refractivity contribution in [3.63, 3.8) is 0 Å². The summed E-state index contributed by atoms with van der Waals surface area (Å²) in [5.74, 6) is 2.03. The van der Waals surface area contributed by atoms with Crippen LogP contribution in [0, 0.1) is 0 Å². The second-order valence-electron chi connectivity index (χ2n) is 5.84. The molecule has 28 heavy (non-hydrogen) atoms. The maximum Gasteiger partial charge on any atom is 0.287 e. The van der Waals surface area contributed by atoms with Gasteiger partial charge in [0.25, 0.3) is 6.33 Å². The van der Waals surface area contributed by atoms with E-state index in [1.807, 2.05) is 30.5 Å². The van der Waals surface area contributed by atoms with E-state index < -0.39 is 0 Å². The second-order valence-corrected chi connectivity index (χ2v) is 5.84. The van der Waals surface area contributed by atoms with Crippen LogP contribution in [0.15, 0.2) is 61.1 Å². The SMILES string of the molecule is COc1ccc(C(=O)C[n+]2ccc(-c3ccc(OC)c(OC)c3)nc2)cc1.[Br-]. The molecule has 0 bridgehead atoms. The monoisotopic (exact) mass is 444 g/mol. The molecule has 2 aromatic carbocycles. The zero-order valence-electron chi connectivity index (χ0n) is 15.9. The van der Waals surface area contributed by atoms with Gasteiger partial charge < -0.3 is 31.2 Å². The molecule has 0 atom stereocenters. The lowest BCUT2D eigenvalue weighted by Gasteiger charge is -2.08. The molecule has 3 aromatic rings. The van der Waals surface area contributed by atoms with Crippen LogP contribution in [0.3, 0.4) is 0 Å². The number of ether oxygens (including phenoxy) is 3. The molecule has 0 saturated carbocycles. The highest BCUT2D eigenvalue weighted by atomic mass is 79.9. The van der Waals surface area contributed by atoms with Gasteiger partial charge >= 0.3 is 0 Å². The summed E-state index contributed by atoms with van der Waals surface area (Å²) >= 11 is 0. The third-order valence-electron chi connectivity index (χ3n) is 4.19. The number of carbonyl (C=O) groups is 1. The summed E-state index contributed by atoms with van der Waals surface area (Å²) < 4.78 is 17.4. The highest BCUT2D eigenvalue weighted by molar-refractivity contribution is 5.95. The van der Waals surface area contributed by atoms with Crippen LogP contribution < -0.4 is 35.8 Å². The number of rotatable bonds is 7. The first kappa shape index (κ1) is 21.4. The van der Waals surface area contributed by atoms with Gasteiger partial charge in [0, 0.05) is 17.2 Å². The Morgan fingerprint density at radius 1 is 0.929 bits per heavy atom. The molecule has 0 unspecified atom stereocenters. The second kappa shape index (κ2) is 9.85. The van der Waals surface area contributed by atoms with Gasteiger partial charge in [0.1, 0.15) is 5.75 Å². The quantitative estimate of drug-likeness (QED) is 0.377. The topological polar surface area (TPSA) is 61.5 Å². The summed E-state index contributed by atoms with van der Waals surface area (Å²) in [6, 6.07) is 14.5. The lowest BCUT2D eigenvalue weighted by molar-refractivity contribution is -0.686. The predicted octanol–water partition coefficient (Wildman–Crippen LogP) is -0.0512. The van der Waals surface area contributed by atoms with Gasteiger partial charge in [0.2, 0.25) is 5.78 Å². The van der Waals surface area contributed by atoms with Crippen molar-refractivity contribution in [1.29, 1.82) is 0 Å². The highest BCUT2D eigenvalue weighted by Crippen LogP contribution is 2.31. The van der Waals surface area contributed by atoms with E-state index in [0.717, 1.165) is 17.0 Å². The highest BCUT2D eigenvalue weighted by Gasteiger charge is 2.13. The zero-order valence-corrected chi connectivity index (χ0v) is 17.5. The average Bonchev–Trinajstić information content (AvgIpc) is 2.73. The maximum atomic E-state index is 12.4. The van der Waals surface area contributed by atoms with Gasteiger partial charge in [-0.3, -0.25) is 4.79 Å². The number of Topliss-reactive ketones (excluding diaryl/α,β-unsaturated/α-hetero) is 1. The molecule has 1 aromatic heterocycles. The van der Waals surface area contributed by atoms with E-state index >= 15 is 0 Å². The molecule has 0 saturated heterocycles. The van der Waals surface area contributed by atoms with Crippen molar-refractivity contribution >= 4 is 5.78 Å². The first-order chi connectivity index (χ1) is 13.1. The van der Waals surface area contributed by atoms with E-state index in [4.69, 9.17) is 14.2 Å². The van der Waals surface area contributed by atoms with Crippen molar-refractivity contribution < 1.29 is 40.6 Å². The molecule has 0 aliphatic carbocycles. The molecule has 146 valence electrons. The smallest absolute Gasteiger partial charge is 0.287 e. The molecule has 7 heteroatoms. The Morgan fingerprint density at radius 3 is 2.21 bits per heavy atom.